The Morgan fingerprint density at radius 2 is 0.786 bits per heavy atom. The van der Waals surface area contributed by atoms with E-state index in [1.165, 1.54) is 0 Å². The van der Waals surface area contributed by atoms with Crippen LogP contribution < -0.4 is 10.9 Å². The van der Waals surface area contributed by atoms with Gasteiger partial charge in [-0.25, -0.2) is 0 Å². The van der Waals surface area contributed by atoms with Crippen molar-refractivity contribution in [2.24, 2.45) is 0 Å². The zero-order chi connectivity index (χ0) is 31.5. The maximum atomic E-state index is 14.1. The van der Waals surface area contributed by atoms with E-state index in [1.54, 1.807) is 12.1 Å². The Labute approximate surface area is 246 Å². The van der Waals surface area contributed by atoms with E-state index < -0.39 is 33.2 Å². The standard InChI is InChI=1S/C36H42O6/c1-33(2,3)17-13-19-25(37)23-27(39)32-24(28(40)31(23)41-29(19)21(15-17)35(7,8)9)26(38)20-14-18(34(4,5)6)16-22(30(20)42-32)36(10,11)12/h13-16,39-40H,1-12H3. The van der Waals surface area contributed by atoms with Crippen LogP contribution in [0.25, 0.3) is 43.9 Å². The number of rotatable bonds is 0. The Kier molecular flexibility index (Phi) is 6.26. The molecule has 0 bridgehead atoms. The number of hydrogen-bond donors (Lipinski definition) is 2. The van der Waals surface area contributed by atoms with Crippen molar-refractivity contribution in [3.8, 4) is 11.5 Å². The molecule has 0 unspecified atom stereocenters. The molecule has 42 heavy (non-hydrogen) atoms. The summed E-state index contributed by atoms with van der Waals surface area (Å²) in [6.45, 7) is 24.5. The molecule has 0 saturated heterocycles. The molecule has 2 aromatic heterocycles. The largest absolute Gasteiger partial charge is 0.504 e. The monoisotopic (exact) mass is 570 g/mol. The van der Waals surface area contributed by atoms with Crippen LogP contribution in [0.2, 0.25) is 0 Å². The van der Waals surface area contributed by atoms with Gasteiger partial charge in [0.1, 0.15) is 21.9 Å². The predicted molar refractivity (Wildman–Crippen MR) is 172 cm³/mol. The average molecular weight is 571 g/mol. The van der Waals surface area contributed by atoms with Crippen LogP contribution in [0.5, 0.6) is 11.5 Å². The molecule has 2 N–H and O–H groups in total. The van der Waals surface area contributed by atoms with Crippen molar-refractivity contribution in [3.05, 3.63) is 67.0 Å². The fourth-order valence-electron chi connectivity index (χ4n) is 5.57. The molecule has 0 spiro atoms. The van der Waals surface area contributed by atoms with Crippen LogP contribution in [0.4, 0.5) is 0 Å². The van der Waals surface area contributed by atoms with E-state index in [1.807, 2.05) is 53.7 Å². The normalized spacial score (nSPS) is 13.6. The average Bonchev–Trinajstić information content (AvgIpc) is 2.83. The highest BCUT2D eigenvalue weighted by molar-refractivity contribution is 6.10. The highest BCUT2D eigenvalue weighted by Gasteiger charge is 2.31. The Morgan fingerprint density at radius 3 is 1.05 bits per heavy atom. The summed E-state index contributed by atoms with van der Waals surface area (Å²) in [5.41, 5.74) is 1.30. The van der Waals surface area contributed by atoms with Gasteiger partial charge in [-0.3, -0.25) is 9.59 Å². The molecule has 0 atom stereocenters. The van der Waals surface area contributed by atoms with Gasteiger partial charge in [0.2, 0.25) is 10.9 Å². The Bertz CT molecular complexity index is 1910. The molecular formula is C36H42O6. The maximum Gasteiger partial charge on any atom is 0.204 e. The number of phenols is 2. The Balaban J connectivity index is 2.06. The SMILES string of the molecule is CC(C)(C)c1cc(C(C)(C)C)c2oc3c(O)c4c(=O)c5cc(C(C)(C)C)cc(C(C)(C)C)c5oc4c(O)c3c(=O)c2c1. The van der Waals surface area contributed by atoms with Crippen molar-refractivity contribution in [3.63, 3.8) is 0 Å². The fourth-order valence-corrected chi connectivity index (χ4v) is 5.57. The highest BCUT2D eigenvalue weighted by Crippen LogP contribution is 2.44. The highest BCUT2D eigenvalue weighted by atomic mass is 16.4. The van der Waals surface area contributed by atoms with Crippen LogP contribution in [0, 0.1) is 0 Å². The van der Waals surface area contributed by atoms with Gasteiger partial charge in [-0.15, -0.1) is 0 Å². The second-order valence-corrected chi connectivity index (χ2v) is 15.8. The van der Waals surface area contributed by atoms with Crippen molar-refractivity contribution >= 4 is 43.9 Å². The molecule has 2 heterocycles. The van der Waals surface area contributed by atoms with E-state index in [0.717, 1.165) is 22.3 Å². The first-order chi connectivity index (χ1) is 19.0. The quantitative estimate of drug-likeness (QED) is 0.142. The molecule has 0 aliphatic carbocycles. The summed E-state index contributed by atoms with van der Waals surface area (Å²) < 4.78 is 12.6. The number of fused-ring (bicyclic) bond motifs is 4. The van der Waals surface area contributed by atoms with Gasteiger partial charge in [-0.1, -0.05) is 95.2 Å². The summed E-state index contributed by atoms with van der Waals surface area (Å²) in [5, 5.41) is 23.3. The summed E-state index contributed by atoms with van der Waals surface area (Å²) in [6.07, 6.45) is 0. The first-order valence-corrected chi connectivity index (χ1v) is 14.5. The maximum absolute atomic E-state index is 14.1. The minimum atomic E-state index is -0.523. The summed E-state index contributed by atoms with van der Waals surface area (Å²) in [6, 6.07) is 7.63. The minimum Gasteiger partial charge on any atom is -0.504 e. The lowest BCUT2D eigenvalue weighted by Crippen LogP contribution is -2.19. The van der Waals surface area contributed by atoms with E-state index in [4.69, 9.17) is 8.83 Å². The molecule has 6 heteroatoms. The molecule has 0 saturated carbocycles. The smallest absolute Gasteiger partial charge is 0.204 e. The number of benzene rings is 3. The van der Waals surface area contributed by atoms with Gasteiger partial charge >= 0.3 is 0 Å². The van der Waals surface area contributed by atoms with Crippen LogP contribution in [0.15, 0.2) is 42.7 Å². The van der Waals surface area contributed by atoms with Gasteiger partial charge in [-0.05, 0) is 44.9 Å². The first kappa shape index (κ1) is 29.7. The lowest BCUT2D eigenvalue weighted by atomic mass is 9.79. The molecular weight excluding hydrogens is 528 g/mol. The third-order valence-electron chi connectivity index (χ3n) is 8.24. The summed E-state index contributed by atoms with van der Waals surface area (Å²) >= 11 is 0. The molecule has 0 amide bonds. The molecule has 0 fully saturated rings. The van der Waals surface area contributed by atoms with E-state index in [-0.39, 0.29) is 32.8 Å². The number of aromatic hydroxyl groups is 2. The van der Waals surface area contributed by atoms with Crippen molar-refractivity contribution in [1.29, 1.82) is 0 Å². The van der Waals surface area contributed by atoms with Crippen LogP contribution in [-0.2, 0) is 21.7 Å². The summed E-state index contributed by atoms with van der Waals surface area (Å²) in [7, 11) is 0. The zero-order valence-corrected chi connectivity index (χ0v) is 26.8. The van der Waals surface area contributed by atoms with Gasteiger partial charge in [-0.2, -0.15) is 0 Å². The van der Waals surface area contributed by atoms with Crippen LogP contribution in [0.3, 0.4) is 0 Å². The van der Waals surface area contributed by atoms with Gasteiger partial charge in [0.25, 0.3) is 0 Å². The van der Waals surface area contributed by atoms with Crippen molar-refractivity contribution in [2.45, 2.75) is 105 Å². The number of phenolic OH excluding ortho intramolecular Hbond substituents is 2. The van der Waals surface area contributed by atoms with Gasteiger partial charge in [0, 0.05) is 11.1 Å². The lowest BCUT2D eigenvalue weighted by molar-refractivity contribution is 0.456. The van der Waals surface area contributed by atoms with Crippen LogP contribution >= 0.6 is 0 Å². The predicted octanol–water partition coefficient (Wildman–Crippen LogP) is 8.81. The van der Waals surface area contributed by atoms with Crippen molar-refractivity contribution in [2.75, 3.05) is 0 Å². The zero-order valence-electron chi connectivity index (χ0n) is 26.8. The second kappa shape index (κ2) is 8.85. The Hall–Kier alpha value is -3.80. The number of hydrogen-bond acceptors (Lipinski definition) is 6. The molecule has 0 aliphatic rings. The Morgan fingerprint density at radius 1 is 0.476 bits per heavy atom. The van der Waals surface area contributed by atoms with E-state index in [0.29, 0.717) is 21.9 Å². The van der Waals surface area contributed by atoms with E-state index in [9.17, 15) is 19.8 Å². The molecule has 6 nitrogen and oxygen atoms in total. The summed E-state index contributed by atoms with van der Waals surface area (Å²) in [5.74, 6) is -1.05. The van der Waals surface area contributed by atoms with Gasteiger partial charge in [0.05, 0.1) is 10.8 Å². The molecule has 5 rings (SSSR count). The van der Waals surface area contributed by atoms with Crippen molar-refractivity contribution in [1.82, 2.24) is 0 Å². The molecule has 5 aromatic rings. The minimum absolute atomic E-state index is 0.218. The topological polar surface area (TPSA) is 101 Å². The summed E-state index contributed by atoms with van der Waals surface area (Å²) in [4.78, 5) is 28.3. The molecule has 3 aromatic carbocycles. The van der Waals surface area contributed by atoms with Crippen LogP contribution in [-0.4, -0.2) is 10.2 Å². The van der Waals surface area contributed by atoms with Gasteiger partial charge < -0.3 is 19.0 Å². The van der Waals surface area contributed by atoms with Gasteiger partial charge in [0.15, 0.2) is 22.7 Å². The molecule has 0 radical (unpaired) electrons. The van der Waals surface area contributed by atoms with E-state index >= 15 is 0 Å². The first-order valence-electron chi connectivity index (χ1n) is 14.5. The van der Waals surface area contributed by atoms with Crippen molar-refractivity contribution < 1.29 is 19.0 Å². The fraction of sp³-hybridized carbons (Fsp3) is 0.444. The molecule has 222 valence electrons. The molecule has 0 aliphatic heterocycles. The van der Waals surface area contributed by atoms with Crippen LogP contribution in [0.1, 0.15) is 105 Å². The third kappa shape index (κ3) is 4.47. The lowest BCUT2D eigenvalue weighted by Gasteiger charge is -2.26. The third-order valence-corrected chi connectivity index (χ3v) is 8.24. The second-order valence-electron chi connectivity index (χ2n) is 15.8. The van der Waals surface area contributed by atoms with E-state index in [2.05, 4.69) is 41.5 Å².